The van der Waals surface area contributed by atoms with Gasteiger partial charge in [-0.05, 0) is 19.3 Å². The molecule has 0 aromatic carbocycles. The maximum Gasteiger partial charge on any atom is 0.220 e. The molecule has 3 aliphatic heterocycles. The highest BCUT2D eigenvalue weighted by Gasteiger charge is 2.53. The van der Waals surface area contributed by atoms with Crippen molar-refractivity contribution in [1.82, 2.24) is 5.32 Å². The molecule has 0 aliphatic carbocycles. The first-order valence-electron chi connectivity index (χ1n) is 37.4. The highest BCUT2D eigenvalue weighted by atomic mass is 16.8. The SMILES string of the molecule is CCCCCCCCCCCCCCCCCCCCCCCCC/C=C/C(O)C(COC1OC(CO)C(OC2OC(CO)C(OC3OC(CO)C(O)C(O)C3O)C(O)C2O)C(O)C1O)NC(=O)CCCCCCCCCCCCCCCCCCCCCCC. The van der Waals surface area contributed by atoms with E-state index in [-0.39, 0.29) is 18.9 Å². The third-order valence-electron chi connectivity index (χ3n) is 19.1. The standard InChI is InChI=1S/C72H137NO18/c1-3-5-7-9-11-13-15-17-19-21-23-25-26-27-28-30-31-33-35-37-39-41-43-45-47-49-56(77)55(73-60(78)50-48-46-44-42-40-38-36-34-32-29-24-22-20-18-16-14-12-10-8-6-4-2)54-86-70-66(84)63(81)68(58(52-75)88-70)91-72-67(85)64(82)69(59(53-76)89-72)90-71-65(83)62(80)61(79)57(51-74)87-71/h47,49,55-59,61-72,74-77,79-85H,3-46,48,50-54H2,1-2H3,(H,73,78)/b49-47+. The minimum atomic E-state index is -1.98. The van der Waals surface area contributed by atoms with Crippen LogP contribution in [0.25, 0.3) is 0 Å². The van der Waals surface area contributed by atoms with Crippen LogP contribution in [-0.2, 0) is 33.2 Å². The van der Waals surface area contributed by atoms with Gasteiger partial charge in [0.25, 0.3) is 0 Å². The number of aliphatic hydroxyl groups is 11. The van der Waals surface area contributed by atoms with E-state index in [1.807, 2.05) is 6.08 Å². The number of rotatable bonds is 59. The Hall–Kier alpha value is -1.47. The van der Waals surface area contributed by atoms with Crippen LogP contribution in [0.1, 0.15) is 309 Å². The smallest absolute Gasteiger partial charge is 0.220 e. The molecule has 538 valence electrons. The van der Waals surface area contributed by atoms with E-state index in [0.29, 0.717) is 6.42 Å². The number of hydrogen-bond donors (Lipinski definition) is 12. The van der Waals surface area contributed by atoms with Crippen LogP contribution in [0.5, 0.6) is 0 Å². The molecule has 17 unspecified atom stereocenters. The van der Waals surface area contributed by atoms with Crippen LogP contribution in [0.4, 0.5) is 0 Å². The average Bonchev–Trinajstić information content (AvgIpc) is 0.885. The Morgan fingerprint density at radius 3 is 1.03 bits per heavy atom. The Kier molecular flexibility index (Phi) is 50.2. The van der Waals surface area contributed by atoms with E-state index in [4.69, 9.17) is 28.4 Å². The van der Waals surface area contributed by atoms with Crippen molar-refractivity contribution in [2.24, 2.45) is 0 Å². The summed E-state index contributed by atoms with van der Waals surface area (Å²) in [5, 5.41) is 121. The molecule has 3 heterocycles. The molecule has 0 saturated carbocycles. The first-order valence-corrected chi connectivity index (χ1v) is 37.4. The number of carbonyl (C=O) groups excluding carboxylic acids is 1. The van der Waals surface area contributed by atoms with Gasteiger partial charge in [0.15, 0.2) is 18.9 Å². The largest absolute Gasteiger partial charge is 0.394 e. The number of ether oxygens (including phenoxy) is 6. The Morgan fingerprint density at radius 2 is 0.681 bits per heavy atom. The Balaban J connectivity index is 1.41. The quantitative estimate of drug-likeness (QED) is 0.0199. The summed E-state index contributed by atoms with van der Waals surface area (Å²) in [5.41, 5.74) is 0. The normalized spacial score (nSPS) is 27.9. The molecular weight excluding hydrogens is 1170 g/mol. The summed E-state index contributed by atoms with van der Waals surface area (Å²) in [4.78, 5) is 13.4. The van der Waals surface area contributed by atoms with Gasteiger partial charge >= 0.3 is 0 Å². The molecule has 0 aromatic rings. The van der Waals surface area contributed by atoms with Crippen molar-refractivity contribution in [2.45, 2.75) is 413 Å². The number of hydrogen-bond acceptors (Lipinski definition) is 18. The number of amides is 1. The van der Waals surface area contributed by atoms with E-state index < -0.39 is 124 Å². The van der Waals surface area contributed by atoms with Gasteiger partial charge in [0, 0.05) is 6.42 Å². The van der Waals surface area contributed by atoms with Crippen LogP contribution in [0.2, 0.25) is 0 Å². The Bertz CT molecular complexity index is 1700. The van der Waals surface area contributed by atoms with Gasteiger partial charge in [-0.25, -0.2) is 0 Å². The lowest BCUT2D eigenvalue weighted by atomic mass is 9.96. The van der Waals surface area contributed by atoms with Gasteiger partial charge in [-0.2, -0.15) is 0 Å². The summed E-state index contributed by atoms with van der Waals surface area (Å²) in [5.74, 6) is -0.268. The summed E-state index contributed by atoms with van der Waals surface area (Å²) in [7, 11) is 0. The van der Waals surface area contributed by atoms with Crippen LogP contribution in [-0.4, -0.2) is 193 Å². The molecule has 0 radical (unpaired) electrons. The second-order valence-corrected chi connectivity index (χ2v) is 27.1. The van der Waals surface area contributed by atoms with E-state index in [9.17, 15) is 61.0 Å². The highest BCUT2D eigenvalue weighted by Crippen LogP contribution is 2.33. The second-order valence-electron chi connectivity index (χ2n) is 27.1. The van der Waals surface area contributed by atoms with Crippen molar-refractivity contribution < 1.29 is 89.4 Å². The molecular formula is C72H137NO18. The fraction of sp³-hybridized carbons (Fsp3) is 0.958. The summed E-state index contributed by atoms with van der Waals surface area (Å²) < 4.78 is 34.4. The zero-order valence-electron chi connectivity index (χ0n) is 57.1. The zero-order chi connectivity index (χ0) is 66.1. The lowest BCUT2D eigenvalue weighted by Crippen LogP contribution is -2.66. The van der Waals surface area contributed by atoms with Gasteiger partial charge in [-0.1, -0.05) is 296 Å². The molecule has 3 rings (SSSR count). The van der Waals surface area contributed by atoms with E-state index in [1.165, 1.54) is 238 Å². The third kappa shape index (κ3) is 36.1. The molecule has 91 heavy (non-hydrogen) atoms. The lowest BCUT2D eigenvalue weighted by molar-refractivity contribution is -0.379. The van der Waals surface area contributed by atoms with Gasteiger partial charge in [0.05, 0.1) is 38.6 Å². The van der Waals surface area contributed by atoms with E-state index in [2.05, 4.69) is 19.2 Å². The van der Waals surface area contributed by atoms with Crippen LogP contribution in [0, 0.1) is 0 Å². The molecule has 3 saturated heterocycles. The molecule has 3 fully saturated rings. The predicted molar refractivity (Wildman–Crippen MR) is 356 cm³/mol. The van der Waals surface area contributed by atoms with Gasteiger partial charge < -0.3 is 89.9 Å². The monoisotopic (exact) mass is 1300 g/mol. The Labute approximate surface area is 550 Å². The summed E-state index contributed by atoms with van der Waals surface area (Å²) in [6, 6.07) is -0.969. The third-order valence-corrected chi connectivity index (χ3v) is 19.1. The minimum Gasteiger partial charge on any atom is -0.394 e. The first-order chi connectivity index (χ1) is 44.3. The summed E-state index contributed by atoms with van der Waals surface area (Å²) in [6.45, 7) is 1.79. The topological polar surface area (TPSA) is 307 Å². The molecule has 0 spiro atoms. The van der Waals surface area contributed by atoms with E-state index >= 15 is 0 Å². The van der Waals surface area contributed by atoms with E-state index in [0.717, 1.165) is 44.9 Å². The molecule has 12 N–H and O–H groups in total. The van der Waals surface area contributed by atoms with Crippen molar-refractivity contribution in [3.63, 3.8) is 0 Å². The molecule has 19 nitrogen and oxygen atoms in total. The molecule has 17 atom stereocenters. The van der Waals surface area contributed by atoms with Crippen molar-refractivity contribution >= 4 is 5.91 Å². The summed E-state index contributed by atoms with van der Waals surface area (Å²) in [6.07, 6.45) is 34.7. The van der Waals surface area contributed by atoms with Crippen LogP contribution in [0.15, 0.2) is 12.2 Å². The number of carbonyl (C=O) groups is 1. The maximum atomic E-state index is 13.4. The first kappa shape index (κ1) is 83.8. The van der Waals surface area contributed by atoms with Crippen LogP contribution < -0.4 is 5.32 Å². The molecule has 1 amide bonds. The summed E-state index contributed by atoms with van der Waals surface area (Å²) >= 11 is 0. The fourth-order valence-corrected chi connectivity index (χ4v) is 13.0. The van der Waals surface area contributed by atoms with E-state index in [1.54, 1.807) is 6.08 Å². The lowest BCUT2D eigenvalue weighted by Gasteiger charge is -2.48. The minimum absolute atomic E-state index is 0.250. The van der Waals surface area contributed by atoms with Crippen LogP contribution >= 0.6 is 0 Å². The Morgan fingerprint density at radius 1 is 0.385 bits per heavy atom. The maximum absolute atomic E-state index is 13.4. The highest BCUT2D eigenvalue weighted by molar-refractivity contribution is 5.76. The van der Waals surface area contributed by atoms with Crippen LogP contribution in [0.3, 0.4) is 0 Å². The molecule has 0 aromatic heterocycles. The fourth-order valence-electron chi connectivity index (χ4n) is 13.0. The number of unbranched alkanes of at least 4 members (excludes halogenated alkanes) is 43. The number of nitrogens with one attached hydrogen (secondary N) is 1. The van der Waals surface area contributed by atoms with Gasteiger partial charge in [-0.15, -0.1) is 0 Å². The van der Waals surface area contributed by atoms with Crippen molar-refractivity contribution in [1.29, 1.82) is 0 Å². The van der Waals surface area contributed by atoms with Gasteiger partial charge in [0.2, 0.25) is 5.91 Å². The van der Waals surface area contributed by atoms with Gasteiger partial charge in [-0.3, -0.25) is 4.79 Å². The number of aliphatic hydroxyl groups excluding tert-OH is 11. The molecule has 0 bridgehead atoms. The molecule has 19 heteroatoms. The average molecular weight is 1300 g/mol. The number of allylic oxidation sites excluding steroid dienone is 1. The van der Waals surface area contributed by atoms with Crippen molar-refractivity contribution in [2.75, 3.05) is 26.4 Å². The van der Waals surface area contributed by atoms with Crippen molar-refractivity contribution in [3.05, 3.63) is 12.2 Å². The van der Waals surface area contributed by atoms with Gasteiger partial charge in [0.1, 0.15) is 73.2 Å². The predicted octanol–water partition coefficient (Wildman–Crippen LogP) is 10.8. The van der Waals surface area contributed by atoms with Crippen molar-refractivity contribution in [3.8, 4) is 0 Å². The zero-order valence-corrected chi connectivity index (χ0v) is 57.1. The molecule has 3 aliphatic rings. The second kappa shape index (κ2) is 54.5.